The van der Waals surface area contributed by atoms with Crippen molar-refractivity contribution in [2.24, 2.45) is 0 Å². The average Bonchev–Trinajstić information content (AvgIpc) is 2.36. The molecule has 0 radical (unpaired) electrons. The van der Waals surface area contributed by atoms with Gasteiger partial charge in [0.15, 0.2) is 0 Å². The number of hydrogen-bond acceptors (Lipinski definition) is 5. The van der Waals surface area contributed by atoms with Crippen LogP contribution in [0, 0.1) is 0 Å². The molecule has 0 aromatic heterocycles. The first kappa shape index (κ1) is 16.4. The zero-order chi connectivity index (χ0) is 14.5. The smallest absolute Gasteiger partial charge is 0.237 e. The molecular formula is C13H26N2O4. The van der Waals surface area contributed by atoms with Crippen LogP contribution in [-0.2, 0) is 14.3 Å². The largest absolute Gasteiger partial charge is 0.394 e. The number of nitrogens with one attached hydrogen (secondary N) is 1. The fraction of sp³-hybridized carbons (Fsp3) is 0.923. The maximum atomic E-state index is 12.0. The Balaban J connectivity index is 2.54. The molecule has 2 unspecified atom stereocenters. The summed E-state index contributed by atoms with van der Waals surface area (Å²) in [5, 5.41) is 12.1. The summed E-state index contributed by atoms with van der Waals surface area (Å²) < 4.78 is 10.6. The lowest BCUT2D eigenvalue weighted by molar-refractivity contribution is -0.161. The SMILES string of the molecule is COCCNC(=O)C(C)N1CC(CO)OC(C)(C)C1. The van der Waals surface area contributed by atoms with E-state index in [-0.39, 0.29) is 30.3 Å². The minimum absolute atomic E-state index is 0.0218. The number of amides is 1. The van der Waals surface area contributed by atoms with Gasteiger partial charge in [0.25, 0.3) is 0 Å². The summed E-state index contributed by atoms with van der Waals surface area (Å²) >= 11 is 0. The third-order valence-corrected chi connectivity index (χ3v) is 3.24. The minimum atomic E-state index is -0.354. The molecule has 1 fully saturated rings. The normalized spacial score (nSPS) is 25.0. The second kappa shape index (κ2) is 7.19. The predicted octanol–water partition coefficient (Wildman–Crippen LogP) is -0.391. The molecule has 19 heavy (non-hydrogen) atoms. The molecule has 0 bridgehead atoms. The number of ether oxygens (including phenoxy) is 2. The maximum Gasteiger partial charge on any atom is 0.237 e. The number of carbonyl (C=O) groups excluding carboxylic acids is 1. The highest BCUT2D eigenvalue weighted by molar-refractivity contribution is 5.81. The lowest BCUT2D eigenvalue weighted by Crippen LogP contribution is -2.59. The van der Waals surface area contributed by atoms with Crippen LogP contribution in [0.15, 0.2) is 0 Å². The van der Waals surface area contributed by atoms with E-state index in [2.05, 4.69) is 5.32 Å². The molecule has 0 aromatic carbocycles. The van der Waals surface area contributed by atoms with Crippen LogP contribution in [0.2, 0.25) is 0 Å². The number of nitrogens with zero attached hydrogens (tertiary/aromatic N) is 1. The van der Waals surface area contributed by atoms with E-state index in [4.69, 9.17) is 9.47 Å². The lowest BCUT2D eigenvalue weighted by atomic mass is 10.0. The van der Waals surface area contributed by atoms with Crippen molar-refractivity contribution in [1.29, 1.82) is 0 Å². The average molecular weight is 274 g/mol. The Morgan fingerprint density at radius 3 is 2.89 bits per heavy atom. The van der Waals surface area contributed by atoms with Crippen LogP contribution in [0.4, 0.5) is 0 Å². The fourth-order valence-electron chi connectivity index (χ4n) is 2.32. The van der Waals surface area contributed by atoms with E-state index >= 15 is 0 Å². The van der Waals surface area contributed by atoms with Crippen LogP contribution >= 0.6 is 0 Å². The van der Waals surface area contributed by atoms with Crippen molar-refractivity contribution in [2.75, 3.05) is 40.0 Å². The highest BCUT2D eigenvalue weighted by Gasteiger charge is 2.36. The molecule has 0 saturated carbocycles. The predicted molar refractivity (Wildman–Crippen MR) is 72.0 cm³/mol. The molecule has 6 heteroatoms. The van der Waals surface area contributed by atoms with Crippen molar-refractivity contribution >= 4 is 5.91 Å². The van der Waals surface area contributed by atoms with Gasteiger partial charge in [-0.1, -0.05) is 0 Å². The van der Waals surface area contributed by atoms with Gasteiger partial charge in [-0.05, 0) is 20.8 Å². The van der Waals surface area contributed by atoms with Crippen molar-refractivity contribution in [3.63, 3.8) is 0 Å². The van der Waals surface area contributed by atoms with Crippen molar-refractivity contribution < 1.29 is 19.4 Å². The van der Waals surface area contributed by atoms with Gasteiger partial charge in [0.05, 0.1) is 31.0 Å². The zero-order valence-corrected chi connectivity index (χ0v) is 12.3. The molecule has 1 heterocycles. The second-order valence-corrected chi connectivity index (χ2v) is 5.57. The van der Waals surface area contributed by atoms with E-state index in [9.17, 15) is 9.90 Å². The summed E-state index contributed by atoms with van der Waals surface area (Å²) in [6.45, 7) is 8.04. The molecule has 6 nitrogen and oxygen atoms in total. The number of hydrogen-bond donors (Lipinski definition) is 2. The summed E-state index contributed by atoms with van der Waals surface area (Å²) in [5.74, 6) is -0.0218. The molecule has 1 amide bonds. The standard InChI is InChI=1S/C13H26N2O4/c1-10(12(17)14-5-6-18-4)15-7-11(8-16)19-13(2,3)9-15/h10-11,16H,5-9H2,1-4H3,(H,14,17). The molecule has 1 saturated heterocycles. The highest BCUT2D eigenvalue weighted by Crippen LogP contribution is 2.22. The van der Waals surface area contributed by atoms with Crippen molar-refractivity contribution in [3.05, 3.63) is 0 Å². The molecule has 1 aliphatic heterocycles. The van der Waals surface area contributed by atoms with Crippen molar-refractivity contribution in [2.45, 2.75) is 38.5 Å². The van der Waals surface area contributed by atoms with Gasteiger partial charge >= 0.3 is 0 Å². The summed E-state index contributed by atoms with van der Waals surface area (Å²) in [4.78, 5) is 14.1. The molecule has 1 aliphatic rings. The second-order valence-electron chi connectivity index (χ2n) is 5.57. The van der Waals surface area contributed by atoms with Gasteiger partial charge in [-0.2, -0.15) is 0 Å². The first-order valence-corrected chi connectivity index (χ1v) is 6.69. The van der Waals surface area contributed by atoms with Gasteiger partial charge in [-0.25, -0.2) is 0 Å². The lowest BCUT2D eigenvalue weighted by Gasteiger charge is -2.44. The Bertz CT molecular complexity index is 296. The quantitative estimate of drug-likeness (QED) is 0.646. The van der Waals surface area contributed by atoms with Gasteiger partial charge < -0.3 is 19.9 Å². The number of aliphatic hydroxyl groups is 1. The Kier molecular flexibility index (Phi) is 6.19. The monoisotopic (exact) mass is 274 g/mol. The number of methoxy groups -OCH3 is 1. The van der Waals surface area contributed by atoms with E-state index in [1.165, 1.54) is 0 Å². The van der Waals surface area contributed by atoms with E-state index in [0.717, 1.165) is 0 Å². The Morgan fingerprint density at radius 1 is 1.63 bits per heavy atom. The summed E-state index contributed by atoms with van der Waals surface area (Å²) in [7, 11) is 1.60. The van der Waals surface area contributed by atoms with Crippen LogP contribution in [0.5, 0.6) is 0 Å². The summed E-state index contributed by atoms with van der Waals surface area (Å²) in [6, 6.07) is -0.242. The third kappa shape index (κ3) is 5.06. The van der Waals surface area contributed by atoms with Gasteiger partial charge in [-0.15, -0.1) is 0 Å². The number of morpholine rings is 1. The van der Waals surface area contributed by atoms with Crippen LogP contribution in [0.3, 0.4) is 0 Å². The van der Waals surface area contributed by atoms with Gasteiger partial charge in [0.2, 0.25) is 5.91 Å². The zero-order valence-electron chi connectivity index (χ0n) is 12.3. The molecule has 112 valence electrons. The van der Waals surface area contributed by atoms with E-state index < -0.39 is 0 Å². The van der Waals surface area contributed by atoms with E-state index in [0.29, 0.717) is 26.2 Å². The topological polar surface area (TPSA) is 71.0 Å². The van der Waals surface area contributed by atoms with Gasteiger partial charge in [0.1, 0.15) is 0 Å². The van der Waals surface area contributed by atoms with Gasteiger partial charge in [0, 0.05) is 26.7 Å². The number of carbonyl (C=O) groups is 1. The van der Waals surface area contributed by atoms with E-state index in [1.54, 1.807) is 7.11 Å². The molecule has 0 aromatic rings. The van der Waals surface area contributed by atoms with Crippen LogP contribution in [0.1, 0.15) is 20.8 Å². The molecule has 1 rings (SSSR count). The highest BCUT2D eigenvalue weighted by atomic mass is 16.5. The number of rotatable bonds is 6. The van der Waals surface area contributed by atoms with Gasteiger partial charge in [-0.3, -0.25) is 9.69 Å². The Labute approximate surface area is 115 Å². The molecular weight excluding hydrogens is 248 g/mol. The maximum absolute atomic E-state index is 12.0. The Hall–Kier alpha value is -0.690. The van der Waals surface area contributed by atoms with Crippen molar-refractivity contribution in [1.82, 2.24) is 10.2 Å². The molecule has 0 spiro atoms. The van der Waals surface area contributed by atoms with E-state index in [1.807, 2.05) is 25.7 Å². The van der Waals surface area contributed by atoms with Crippen LogP contribution in [-0.4, -0.2) is 73.6 Å². The Morgan fingerprint density at radius 2 is 2.32 bits per heavy atom. The summed E-state index contributed by atoms with van der Waals surface area (Å²) in [5.41, 5.74) is -0.354. The minimum Gasteiger partial charge on any atom is -0.394 e. The van der Waals surface area contributed by atoms with Crippen LogP contribution < -0.4 is 5.32 Å². The van der Waals surface area contributed by atoms with Crippen molar-refractivity contribution in [3.8, 4) is 0 Å². The first-order valence-electron chi connectivity index (χ1n) is 6.69. The number of aliphatic hydroxyl groups excluding tert-OH is 1. The first-order chi connectivity index (χ1) is 8.89. The molecule has 0 aliphatic carbocycles. The molecule has 2 atom stereocenters. The third-order valence-electron chi connectivity index (χ3n) is 3.24. The summed E-state index contributed by atoms with van der Waals surface area (Å²) in [6.07, 6.45) is -0.238. The van der Waals surface area contributed by atoms with Crippen LogP contribution in [0.25, 0.3) is 0 Å². The molecule has 2 N–H and O–H groups in total. The fourth-order valence-corrected chi connectivity index (χ4v) is 2.32.